The van der Waals surface area contributed by atoms with Gasteiger partial charge in [-0.25, -0.2) is 9.48 Å². The fourth-order valence-corrected chi connectivity index (χ4v) is 4.82. The number of nitrogens with zero attached hydrogens (tertiary/aromatic N) is 5. The highest BCUT2D eigenvalue weighted by Crippen LogP contribution is 2.30. The Morgan fingerprint density at radius 3 is 2.66 bits per heavy atom. The van der Waals surface area contributed by atoms with E-state index in [2.05, 4.69) is 32.5 Å². The number of anilines is 1. The number of urea groups is 1. The van der Waals surface area contributed by atoms with Gasteiger partial charge >= 0.3 is 6.03 Å². The highest BCUT2D eigenvalue weighted by atomic mass is 35.5. The molecule has 5 rings (SSSR count). The van der Waals surface area contributed by atoms with E-state index in [0.717, 1.165) is 47.2 Å². The van der Waals surface area contributed by atoms with E-state index in [-0.39, 0.29) is 0 Å². The summed E-state index contributed by atoms with van der Waals surface area (Å²) in [7, 11) is 3.60. The highest BCUT2D eigenvalue weighted by molar-refractivity contribution is 6.30. The summed E-state index contributed by atoms with van der Waals surface area (Å²) in [6.45, 7) is 6.04. The van der Waals surface area contributed by atoms with Crippen molar-refractivity contribution in [3.63, 3.8) is 0 Å². The van der Waals surface area contributed by atoms with Gasteiger partial charge in [-0.05, 0) is 55.6 Å². The summed E-state index contributed by atoms with van der Waals surface area (Å²) >= 11 is 6.01. The standard InChI is InChI=1S/C15H16N6O.C13H18ClNO/c1-10-13(11-8-17-20(2)9-11)19-21(14(10)18-15(16)22)12-6-4-3-5-7-12;1-16-8-7-15-6-5-12(10-15)11-3-2-4-13(14)9-11/h3-9H,1-2H3,(H3,16,18,22);2-4,9,12H,5-8,10H2,1H3/t;12-/m.0/s1. The monoisotopic (exact) mass is 535 g/mol. The predicted molar refractivity (Wildman–Crippen MR) is 151 cm³/mol. The molecular formula is C28H34ClN7O2. The summed E-state index contributed by atoms with van der Waals surface area (Å²) in [5, 5.41) is 12.3. The zero-order valence-corrected chi connectivity index (χ0v) is 22.7. The molecule has 1 aliphatic rings. The molecule has 0 bridgehead atoms. The van der Waals surface area contributed by atoms with Gasteiger partial charge in [0.15, 0.2) is 0 Å². The lowest BCUT2D eigenvalue weighted by molar-refractivity contribution is 0.160. The second kappa shape index (κ2) is 12.7. The highest BCUT2D eigenvalue weighted by Gasteiger charge is 2.23. The fourth-order valence-electron chi connectivity index (χ4n) is 4.62. The van der Waals surface area contributed by atoms with Crippen LogP contribution in [-0.4, -0.2) is 63.8 Å². The maximum absolute atomic E-state index is 11.3. The Kier molecular flexibility index (Phi) is 9.17. The second-order valence-electron chi connectivity index (χ2n) is 9.30. The lowest BCUT2D eigenvalue weighted by atomic mass is 9.99. The first-order valence-corrected chi connectivity index (χ1v) is 12.9. The molecule has 1 aliphatic heterocycles. The Bertz CT molecular complexity index is 1350. The summed E-state index contributed by atoms with van der Waals surface area (Å²) < 4.78 is 8.48. The predicted octanol–water partition coefficient (Wildman–Crippen LogP) is 4.85. The van der Waals surface area contributed by atoms with E-state index in [9.17, 15) is 4.79 Å². The van der Waals surface area contributed by atoms with Crippen molar-refractivity contribution >= 4 is 23.4 Å². The number of amides is 2. The number of carbonyl (C=O) groups is 1. The van der Waals surface area contributed by atoms with Crippen LogP contribution < -0.4 is 11.1 Å². The van der Waals surface area contributed by atoms with Crippen molar-refractivity contribution in [2.75, 3.05) is 38.7 Å². The molecule has 0 spiro atoms. The quantitative estimate of drug-likeness (QED) is 0.352. The topological polar surface area (TPSA) is 103 Å². The molecule has 0 aliphatic carbocycles. The summed E-state index contributed by atoms with van der Waals surface area (Å²) in [5.74, 6) is 1.19. The molecule has 38 heavy (non-hydrogen) atoms. The van der Waals surface area contributed by atoms with E-state index in [4.69, 9.17) is 22.1 Å². The number of carbonyl (C=O) groups excluding carboxylic acids is 1. The van der Waals surface area contributed by atoms with Crippen molar-refractivity contribution in [2.45, 2.75) is 19.3 Å². The Balaban J connectivity index is 0.000000186. The van der Waals surface area contributed by atoms with E-state index in [0.29, 0.717) is 11.7 Å². The molecule has 3 heterocycles. The van der Waals surface area contributed by atoms with Crippen LogP contribution >= 0.6 is 11.6 Å². The van der Waals surface area contributed by atoms with Crippen LogP contribution in [0.5, 0.6) is 0 Å². The molecular weight excluding hydrogens is 502 g/mol. The molecule has 2 amide bonds. The number of methoxy groups -OCH3 is 1. The number of primary amides is 1. The van der Waals surface area contributed by atoms with Crippen LogP contribution in [0.4, 0.5) is 10.6 Å². The molecule has 2 aromatic carbocycles. The van der Waals surface area contributed by atoms with Crippen molar-refractivity contribution in [2.24, 2.45) is 12.8 Å². The molecule has 3 N–H and O–H groups in total. The zero-order chi connectivity index (χ0) is 27.1. The minimum Gasteiger partial charge on any atom is -0.383 e. The number of nitrogens with one attached hydrogen (secondary N) is 1. The summed E-state index contributed by atoms with van der Waals surface area (Å²) in [6, 6.07) is 17.2. The minimum absolute atomic E-state index is 0.553. The van der Waals surface area contributed by atoms with Gasteiger partial charge < -0.3 is 15.4 Å². The van der Waals surface area contributed by atoms with Gasteiger partial charge in [0.05, 0.1) is 18.5 Å². The lowest BCUT2D eigenvalue weighted by Crippen LogP contribution is -2.24. The largest absolute Gasteiger partial charge is 0.383 e. The van der Waals surface area contributed by atoms with Crippen LogP contribution in [0.2, 0.25) is 5.02 Å². The summed E-state index contributed by atoms with van der Waals surface area (Å²) in [4.78, 5) is 13.8. The number of benzene rings is 2. The van der Waals surface area contributed by atoms with E-state index in [1.807, 2.05) is 62.6 Å². The van der Waals surface area contributed by atoms with Gasteiger partial charge in [-0.15, -0.1) is 0 Å². The van der Waals surface area contributed by atoms with Crippen LogP contribution in [0.15, 0.2) is 67.0 Å². The van der Waals surface area contributed by atoms with Gasteiger partial charge in [0, 0.05) is 49.6 Å². The normalized spacial score (nSPS) is 15.2. The number of likely N-dealkylation sites (tertiary alicyclic amines) is 1. The summed E-state index contributed by atoms with van der Waals surface area (Å²) in [5.41, 5.74) is 9.95. The first kappa shape index (κ1) is 27.4. The number of rotatable bonds is 7. The Morgan fingerprint density at radius 1 is 1.21 bits per heavy atom. The average molecular weight is 536 g/mol. The molecule has 0 saturated carbocycles. The van der Waals surface area contributed by atoms with Gasteiger partial charge in [0.2, 0.25) is 0 Å². The van der Waals surface area contributed by atoms with Crippen LogP contribution in [0.3, 0.4) is 0 Å². The first-order valence-electron chi connectivity index (χ1n) is 12.5. The molecule has 200 valence electrons. The van der Waals surface area contributed by atoms with E-state index in [1.54, 1.807) is 22.7 Å². The van der Waals surface area contributed by atoms with Crippen molar-refractivity contribution in [1.29, 1.82) is 0 Å². The second-order valence-corrected chi connectivity index (χ2v) is 9.73. The van der Waals surface area contributed by atoms with Gasteiger partial charge in [-0.3, -0.25) is 10.00 Å². The molecule has 4 aromatic rings. The number of halogens is 1. The number of aromatic nitrogens is 4. The molecule has 1 fully saturated rings. The summed E-state index contributed by atoms with van der Waals surface area (Å²) in [6.07, 6.45) is 4.83. The van der Waals surface area contributed by atoms with Crippen LogP contribution in [-0.2, 0) is 11.8 Å². The molecule has 9 nitrogen and oxygen atoms in total. The van der Waals surface area contributed by atoms with E-state index >= 15 is 0 Å². The van der Waals surface area contributed by atoms with Crippen LogP contribution in [0, 0.1) is 6.92 Å². The van der Waals surface area contributed by atoms with Crippen LogP contribution in [0.1, 0.15) is 23.5 Å². The Labute approximate surface area is 228 Å². The number of hydrogen-bond donors (Lipinski definition) is 2. The minimum atomic E-state index is -0.627. The van der Waals surface area contributed by atoms with Gasteiger partial charge in [0.1, 0.15) is 11.5 Å². The third kappa shape index (κ3) is 6.80. The average Bonchev–Trinajstić information content (AvgIpc) is 3.63. The molecule has 0 unspecified atom stereocenters. The van der Waals surface area contributed by atoms with Gasteiger partial charge in [-0.2, -0.15) is 10.2 Å². The van der Waals surface area contributed by atoms with Crippen molar-refractivity contribution in [3.05, 3.63) is 83.1 Å². The lowest BCUT2D eigenvalue weighted by Gasteiger charge is -2.15. The van der Waals surface area contributed by atoms with Crippen LogP contribution in [0.25, 0.3) is 16.9 Å². The Hall–Kier alpha value is -3.66. The molecule has 1 atom stereocenters. The number of aryl methyl sites for hydroxylation is 1. The number of hydrogen-bond acceptors (Lipinski definition) is 5. The SMILES string of the molecule is COCCN1CC[C@H](c2cccc(Cl)c2)C1.Cc1c(-c2cnn(C)c2)nn(-c2ccccc2)c1NC(N)=O. The third-order valence-electron chi connectivity index (χ3n) is 6.55. The van der Waals surface area contributed by atoms with Crippen molar-refractivity contribution in [3.8, 4) is 16.9 Å². The number of para-hydroxylation sites is 1. The zero-order valence-electron chi connectivity index (χ0n) is 22.0. The third-order valence-corrected chi connectivity index (χ3v) is 6.78. The number of ether oxygens (including phenoxy) is 1. The van der Waals surface area contributed by atoms with Crippen molar-refractivity contribution in [1.82, 2.24) is 24.5 Å². The fraction of sp³-hybridized carbons (Fsp3) is 0.321. The first-order chi connectivity index (χ1) is 18.4. The molecule has 1 saturated heterocycles. The van der Waals surface area contributed by atoms with E-state index in [1.165, 1.54) is 18.5 Å². The maximum Gasteiger partial charge on any atom is 0.317 e. The molecule has 10 heteroatoms. The smallest absolute Gasteiger partial charge is 0.317 e. The number of nitrogens with two attached hydrogens (primary N) is 1. The molecule has 0 radical (unpaired) electrons. The van der Waals surface area contributed by atoms with Crippen molar-refractivity contribution < 1.29 is 9.53 Å². The van der Waals surface area contributed by atoms with Gasteiger partial charge in [-0.1, -0.05) is 41.9 Å². The Morgan fingerprint density at radius 2 is 2.00 bits per heavy atom. The molecule has 2 aromatic heterocycles. The van der Waals surface area contributed by atoms with E-state index < -0.39 is 6.03 Å². The maximum atomic E-state index is 11.3. The van der Waals surface area contributed by atoms with Gasteiger partial charge in [0.25, 0.3) is 0 Å².